The molecule has 0 amide bonds. The van der Waals surface area contributed by atoms with Crippen LogP contribution in [-0.4, -0.2) is 11.6 Å². The molecule has 0 fully saturated rings. The first-order valence-corrected chi connectivity index (χ1v) is 2.59. The molecule has 0 aromatic heterocycles. The molecular formula is C7H7FO2. The Labute approximate surface area is 57.9 Å². The number of hydrogen-bond acceptors (Lipinski definition) is 1. The van der Waals surface area contributed by atoms with Gasteiger partial charge in [0.05, 0.1) is 0 Å². The van der Waals surface area contributed by atoms with E-state index in [1.165, 1.54) is 12.1 Å². The smallest absolute Gasteiger partial charge is 0.290 e. The SMILES string of the molecule is Fc1ccccc1.O=CO. The summed E-state index contributed by atoms with van der Waals surface area (Å²) in [6, 6.07) is 7.94. The Bertz CT molecular complexity index is 174. The van der Waals surface area contributed by atoms with Crippen molar-refractivity contribution in [3.8, 4) is 0 Å². The number of hydrogen-bond donors (Lipinski definition) is 1. The molecule has 0 radical (unpaired) electrons. The predicted molar refractivity (Wildman–Crippen MR) is 35.1 cm³/mol. The van der Waals surface area contributed by atoms with Crippen LogP contribution in [0.4, 0.5) is 4.39 Å². The molecule has 0 aliphatic rings. The van der Waals surface area contributed by atoms with Crippen molar-refractivity contribution >= 4 is 6.47 Å². The fourth-order valence-corrected chi connectivity index (χ4v) is 0.415. The van der Waals surface area contributed by atoms with E-state index in [9.17, 15) is 4.39 Å². The van der Waals surface area contributed by atoms with Crippen molar-refractivity contribution in [1.29, 1.82) is 0 Å². The summed E-state index contributed by atoms with van der Waals surface area (Å²) in [7, 11) is 0. The van der Waals surface area contributed by atoms with E-state index in [2.05, 4.69) is 0 Å². The molecule has 54 valence electrons. The van der Waals surface area contributed by atoms with E-state index in [1.54, 1.807) is 18.2 Å². The third-order valence-corrected chi connectivity index (χ3v) is 0.733. The minimum Gasteiger partial charge on any atom is -0.483 e. The summed E-state index contributed by atoms with van der Waals surface area (Å²) < 4.78 is 11.9. The monoisotopic (exact) mass is 142 g/mol. The highest BCUT2D eigenvalue weighted by Crippen LogP contribution is 1.91. The van der Waals surface area contributed by atoms with Crippen LogP contribution < -0.4 is 0 Å². The molecule has 0 aliphatic carbocycles. The van der Waals surface area contributed by atoms with Crippen LogP contribution in [0.25, 0.3) is 0 Å². The summed E-state index contributed by atoms with van der Waals surface area (Å²) in [5, 5.41) is 6.89. The quantitative estimate of drug-likeness (QED) is 0.557. The summed E-state index contributed by atoms with van der Waals surface area (Å²) in [5.41, 5.74) is 0. The van der Waals surface area contributed by atoms with Gasteiger partial charge in [0.15, 0.2) is 0 Å². The van der Waals surface area contributed by atoms with Crippen LogP contribution >= 0.6 is 0 Å². The van der Waals surface area contributed by atoms with E-state index in [1.807, 2.05) is 0 Å². The van der Waals surface area contributed by atoms with Gasteiger partial charge in [-0.05, 0) is 12.1 Å². The minimum absolute atomic E-state index is 0.178. The Morgan fingerprint density at radius 1 is 1.30 bits per heavy atom. The third kappa shape index (κ3) is 4.77. The van der Waals surface area contributed by atoms with Crippen molar-refractivity contribution in [2.45, 2.75) is 0 Å². The molecule has 0 atom stereocenters. The highest BCUT2D eigenvalue weighted by molar-refractivity contribution is 5.32. The first-order chi connectivity index (χ1) is 4.81. The van der Waals surface area contributed by atoms with E-state index < -0.39 is 0 Å². The van der Waals surface area contributed by atoms with Gasteiger partial charge in [-0.1, -0.05) is 18.2 Å². The molecule has 2 nitrogen and oxygen atoms in total. The molecule has 0 saturated carbocycles. The molecule has 0 spiro atoms. The topological polar surface area (TPSA) is 37.3 Å². The van der Waals surface area contributed by atoms with Gasteiger partial charge >= 0.3 is 0 Å². The second-order valence-corrected chi connectivity index (χ2v) is 1.40. The second-order valence-electron chi connectivity index (χ2n) is 1.40. The molecule has 0 unspecified atom stereocenters. The Kier molecular flexibility index (Phi) is 4.96. The van der Waals surface area contributed by atoms with Gasteiger partial charge in [-0.15, -0.1) is 0 Å². The molecule has 1 rings (SSSR count). The van der Waals surface area contributed by atoms with Gasteiger partial charge in [0.25, 0.3) is 6.47 Å². The summed E-state index contributed by atoms with van der Waals surface area (Å²) >= 11 is 0. The molecule has 0 saturated heterocycles. The maximum atomic E-state index is 11.9. The van der Waals surface area contributed by atoms with Crippen molar-refractivity contribution in [2.75, 3.05) is 0 Å². The molecule has 0 aliphatic heterocycles. The van der Waals surface area contributed by atoms with E-state index in [0.717, 1.165) is 0 Å². The minimum atomic E-state index is -0.250. The maximum Gasteiger partial charge on any atom is 0.290 e. The summed E-state index contributed by atoms with van der Waals surface area (Å²) in [4.78, 5) is 8.36. The maximum absolute atomic E-state index is 11.9. The molecular weight excluding hydrogens is 135 g/mol. The number of carbonyl (C=O) groups is 1. The average Bonchev–Trinajstić information content (AvgIpc) is 1.91. The highest BCUT2D eigenvalue weighted by Gasteiger charge is 1.77. The summed E-state index contributed by atoms with van der Waals surface area (Å²) in [6.45, 7) is -0.250. The van der Waals surface area contributed by atoms with Crippen molar-refractivity contribution < 1.29 is 14.3 Å². The highest BCUT2D eigenvalue weighted by atomic mass is 19.1. The second kappa shape index (κ2) is 5.75. The lowest BCUT2D eigenvalue weighted by molar-refractivity contribution is -0.122. The Balaban J connectivity index is 0.000000236. The fraction of sp³-hybridized carbons (Fsp3) is 0. The third-order valence-electron chi connectivity index (χ3n) is 0.733. The lowest BCUT2D eigenvalue weighted by Crippen LogP contribution is -1.63. The zero-order chi connectivity index (χ0) is 7.82. The van der Waals surface area contributed by atoms with Crippen LogP contribution in [0, 0.1) is 5.82 Å². The Morgan fingerprint density at radius 2 is 1.70 bits per heavy atom. The average molecular weight is 142 g/mol. The predicted octanol–water partition coefficient (Wildman–Crippen LogP) is 1.53. The van der Waals surface area contributed by atoms with Crippen LogP contribution in [0.1, 0.15) is 0 Å². The van der Waals surface area contributed by atoms with E-state index in [0.29, 0.717) is 0 Å². The number of halogens is 1. The van der Waals surface area contributed by atoms with Crippen molar-refractivity contribution in [3.05, 3.63) is 36.1 Å². The summed E-state index contributed by atoms with van der Waals surface area (Å²) in [5.74, 6) is -0.178. The number of benzene rings is 1. The lowest BCUT2D eigenvalue weighted by atomic mass is 10.4. The largest absolute Gasteiger partial charge is 0.483 e. The summed E-state index contributed by atoms with van der Waals surface area (Å²) in [6.07, 6.45) is 0. The molecule has 3 heteroatoms. The van der Waals surface area contributed by atoms with E-state index in [-0.39, 0.29) is 12.3 Å². The van der Waals surface area contributed by atoms with Gasteiger partial charge in [0.1, 0.15) is 5.82 Å². The first kappa shape index (κ1) is 8.62. The number of carboxylic acid groups (broad SMARTS) is 1. The Morgan fingerprint density at radius 3 is 1.90 bits per heavy atom. The van der Waals surface area contributed by atoms with Crippen LogP contribution in [-0.2, 0) is 4.79 Å². The van der Waals surface area contributed by atoms with Crippen molar-refractivity contribution in [1.82, 2.24) is 0 Å². The Hall–Kier alpha value is -1.38. The molecule has 1 aromatic rings. The van der Waals surface area contributed by atoms with Gasteiger partial charge in [-0.25, -0.2) is 4.39 Å². The number of rotatable bonds is 0. The van der Waals surface area contributed by atoms with Crippen molar-refractivity contribution in [2.24, 2.45) is 0 Å². The zero-order valence-corrected chi connectivity index (χ0v) is 5.20. The van der Waals surface area contributed by atoms with Crippen LogP contribution in [0.15, 0.2) is 30.3 Å². The lowest BCUT2D eigenvalue weighted by Gasteiger charge is -1.78. The van der Waals surface area contributed by atoms with Crippen molar-refractivity contribution in [3.63, 3.8) is 0 Å². The van der Waals surface area contributed by atoms with Crippen LogP contribution in [0.3, 0.4) is 0 Å². The van der Waals surface area contributed by atoms with Crippen LogP contribution in [0.2, 0.25) is 0 Å². The molecule has 0 bridgehead atoms. The molecule has 1 N–H and O–H groups in total. The fourth-order valence-electron chi connectivity index (χ4n) is 0.415. The van der Waals surface area contributed by atoms with Gasteiger partial charge < -0.3 is 5.11 Å². The molecule has 10 heavy (non-hydrogen) atoms. The van der Waals surface area contributed by atoms with Crippen LogP contribution in [0.5, 0.6) is 0 Å². The van der Waals surface area contributed by atoms with Gasteiger partial charge in [0.2, 0.25) is 0 Å². The molecule has 0 heterocycles. The van der Waals surface area contributed by atoms with E-state index >= 15 is 0 Å². The first-order valence-electron chi connectivity index (χ1n) is 2.59. The van der Waals surface area contributed by atoms with Gasteiger partial charge in [-0.2, -0.15) is 0 Å². The van der Waals surface area contributed by atoms with E-state index in [4.69, 9.17) is 9.90 Å². The van der Waals surface area contributed by atoms with Gasteiger partial charge in [0, 0.05) is 0 Å². The zero-order valence-electron chi connectivity index (χ0n) is 5.20. The molecule has 1 aromatic carbocycles. The van der Waals surface area contributed by atoms with Gasteiger partial charge in [-0.3, -0.25) is 4.79 Å². The normalized spacial score (nSPS) is 7.30. The standard InChI is InChI=1S/C6H5F.CH2O2/c7-6-4-2-1-3-5-6;2-1-3/h1-5H;1H,(H,2,3).